The van der Waals surface area contributed by atoms with Crippen molar-refractivity contribution >= 4 is 58.6 Å². The van der Waals surface area contributed by atoms with Gasteiger partial charge in [-0.05, 0) is 30.7 Å². The fraction of sp³-hybridized carbons (Fsp3) is 0.400. The molecule has 0 unspecified atom stereocenters. The summed E-state index contributed by atoms with van der Waals surface area (Å²) < 4.78 is 0.844. The number of H-pyrrole nitrogens is 1. The van der Waals surface area contributed by atoms with Gasteiger partial charge < -0.3 is 66.4 Å². The molecular formula is C30H40N8O14. The molecule has 2 aromatic heterocycles. The summed E-state index contributed by atoms with van der Waals surface area (Å²) in [5.41, 5.74) is 3.62. The van der Waals surface area contributed by atoms with E-state index in [0.29, 0.717) is 11.4 Å². The minimum absolute atomic E-state index is 0.0524. The van der Waals surface area contributed by atoms with Crippen molar-refractivity contribution in [2.45, 2.75) is 43.9 Å². The third kappa shape index (κ3) is 16.0. The molecule has 0 aliphatic heterocycles. The number of anilines is 2. The van der Waals surface area contributed by atoms with Gasteiger partial charge >= 0.3 is 29.4 Å². The van der Waals surface area contributed by atoms with Gasteiger partial charge in [-0.15, -0.1) is 0 Å². The minimum Gasteiger partial charge on any atom is -0.547 e. The second kappa shape index (κ2) is 19.8. The van der Waals surface area contributed by atoms with Gasteiger partial charge in [-0.2, -0.15) is 4.98 Å². The summed E-state index contributed by atoms with van der Waals surface area (Å²) >= 11 is 0. The van der Waals surface area contributed by atoms with Gasteiger partial charge in [0.05, 0.1) is 65.0 Å². The Morgan fingerprint density at radius 2 is 1.54 bits per heavy atom. The number of carbonyl (C=O) groups is 6. The van der Waals surface area contributed by atoms with Crippen LogP contribution >= 0.6 is 0 Å². The first-order valence-electron chi connectivity index (χ1n) is 15.0. The van der Waals surface area contributed by atoms with Crippen LogP contribution in [0.3, 0.4) is 0 Å². The lowest BCUT2D eigenvalue weighted by Gasteiger charge is -2.25. The predicted octanol–water partition coefficient (Wildman–Crippen LogP) is -2.94. The van der Waals surface area contributed by atoms with Gasteiger partial charge in [0.15, 0.2) is 11.2 Å². The molecule has 11 N–H and O–H groups in total. The fourth-order valence-corrected chi connectivity index (χ4v) is 3.77. The molecule has 0 saturated heterocycles. The molecule has 3 aromatic rings. The fourth-order valence-electron chi connectivity index (χ4n) is 3.77. The number of aliphatic hydroxyl groups is 2. The molecule has 3 rings (SSSR count). The normalized spacial score (nSPS) is 11.5. The Bertz CT molecular complexity index is 1780. The number of nitrogen functional groups attached to an aromatic ring is 1. The third-order valence-electron chi connectivity index (χ3n) is 6.40. The summed E-state index contributed by atoms with van der Waals surface area (Å²) in [5.74, 6) is -8.50. The predicted molar refractivity (Wildman–Crippen MR) is 176 cm³/mol. The van der Waals surface area contributed by atoms with Gasteiger partial charge in [0.25, 0.3) is 5.91 Å². The van der Waals surface area contributed by atoms with Crippen molar-refractivity contribution in [2.75, 3.05) is 45.3 Å². The number of aliphatic hydroxyl groups excluding tert-OH is 1. The molecule has 0 fully saturated rings. The number of hydrogen-bond donors (Lipinski definition) is 10. The lowest BCUT2D eigenvalue weighted by atomic mass is 9.96. The minimum atomic E-state index is -2.85. The average Bonchev–Trinajstić information content (AvgIpc) is 3.01. The van der Waals surface area contributed by atoms with Crippen LogP contribution in [0, 0.1) is 0 Å². The van der Waals surface area contributed by atoms with E-state index in [9.17, 15) is 38.7 Å². The van der Waals surface area contributed by atoms with Crippen molar-refractivity contribution in [3.05, 3.63) is 52.1 Å². The third-order valence-corrected chi connectivity index (χ3v) is 6.40. The number of aliphatic carboxylic acids is 5. The van der Waals surface area contributed by atoms with E-state index < -0.39 is 65.8 Å². The van der Waals surface area contributed by atoms with Crippen LogP contribution in [0.2, 0.25) is 0 Å². The number of carboxylic acid groups (broad SMARTS) is 5. The number of hydrogen-bond acceptors (Lipinski definition) is 15. The monoisotopic (exact) mass is 736 g/mol. The molecule has 1 aromatic carbocycles. The molecule has 52 heavy (non-hydrogen) atoms. The summed E-state index contributed by atoms with van der Waals surface area (Å²) in [6, 6.07) is 4.86. The number of carboxylic acids is 5. The molecule has 1 atom stereocenters. The van der Waals surface area contributed by atoms with Gasteiger partial charge in [-0.3, -0.25) is 24.0 Å². The largest absolute Gasteiger partial charge is 0.547 e. The number of aromatic amines is 1. The van der Waals surface area contributed by atoms with Gasteiger partial charge in [0.1, 0.15) is 18.2 Å². The van der Waals surface area contributed by atoms with Crippen molar-refractivity contribution in [2.24, 2.45) is 0 Å². The molecule has 0 spiro atoms. The zero-order valence-corrected chi connectivity index (χ0v) is 28.2. The van der Waals surface area contributed by atoms with E-state index in [-0.39, 0.29) is 48.7 Å². The van der Waals surface area contributed by atoms with Crippen LogP contribution in [0.4, 0.5) is 11.6 Å². The van der Waals surface area contributed by atoms with Gasteiger partial charge in [0.2, 0.25) is 5.95 Å². The number of nitrogens with zero attached hydrogens (tertiary/aromatic N) is 4. The first-order chi connectivity index (χ1) is 24.1. The van der Waals surface area contributed by atoms with Crippen molar-refractivity contribution in [3.8, 4) is 0 Å². The molecule has 22 nitrogen and oxygen atoms in total. The molecule has 2 heterocycles. The molecule has 284 valence electrons. The molecular weight excluding hydrogens is 696 g/mol. The Kier molecular flexibility index (Phi) is 16.7. The zero-order chi connectivity index (χ0) is 39.8. The highest BCUT2D eigenvalue weighted by Gasteiger charge is 2.34. The number of benzene rings is 1. The number of aromatic nitrogens is 4. The van der Waals surface area contributed by atoms with Crippen molar-refractivity contribution in [1.82, 2.24) is 25.3 Å². The summed E-state index contributed by atoms with van der Waals surface area (Å²) in [5, 5.41) is 67.1. The van der Waals surface area contributed by atoms with Crippen molar-refractivity contribution in [3.63, 3.8) is 0 Å². The van der Waals surface area contributed by atoms with Crippen LogP contribution in [0.1, 0.15) is 41.7 Å². The Morgan fingerprint density at radius 3 is 1.98 bits per heavy atom. The maximum Gasteiger partial charge on any atom is 0.326 e. The average molecular weight is 737 g/mol. The van der Waals surface area contributed by atoms with Gasteiger partial charge in [-0.1, -0.05) is 0 Å². The number of fused-ring (bicyclic) bond motifs is 1. The lowest BCUT2D eigenvalue weighted by molar-refractivity contribution is -0.870. The van der Waals surface area contributed by atoms with E-state index in [1.165, 1.54) is 18.3 Å². The summed E-state index contributed by atoms with van der Waals surface area (Å²) in [7, 11) is 6.16. The van der Waals surface area contributed by atoms with Crippen LogP contribution in [0.15, 0.2) is 35.3 Å². The number of likely N-dealkylation sites (N-methyl/N-ethyl adjacent to an activating group) is 1. The van der Waals surface area contributed by atoms with E-state index in [0.717, 1.165) is 11.0 Å². The number of rotatable bonds is 16. The van der Waals surface area contributed by atoms with Gasteiger partial charge in [-0.25, -0.2) is 14.8 Å². The number of carbonyl (C=O) groups excluding carboxylic acids is 2. The molecule has 1 amide bonds. The van der Waals surface area contributed by atoms with Gasteiger partial charge in [0, 0.05) is 17.7 Å². The topological polar surface area (TPSA) is 368 Å². The summed E-state index contributed by atoms with van der Waals surface area (Å²) in [4.78, 5) is 90.9. The molecule has 0 radical (unpaired) electrons. The van der Waals surface area contributed by atoms with E-state index in [2.05, 4.69) is 51.7 Å². The number of quaternary nitrogens is 1. The van der Waals surface area contributed by atoms with Crippen LogP contribution in [0.25, 0.3) is 11.2 Å². The van der Waals surface area contributed by atoms with E-state index in [1.807, 2.05) is 0 Å². The molecule has 22 heteroatoms. The lowest BCUT2D eigenvalue weighted by Crippen LogP contribution is -2.51. The Hall–Kier alpha value is -6.26. The second-order valence-corrected chi connectivity index (χ2v) is 11.9. The standard InChI is InChI=1S/C19H19N7O6.C6H8O7.C5H14NO/c20-19-25-15-14(17(30)26-19)23-11(8-22-15)7-21-10-3-1-9(2-4-10)16(29)24-12(18(31)32)5-6-13(27)28;7-3(8)1-6(13,5(11)12)2-4(9)10;1-6(2,3)4-5-7/h1-4,8,12,21H,5-7H2,(H,24,29)(H,27,28)(H,31,32)(H3,20,22,25,26,30);13H,1-2H2,(H,7,8)(H,9,10)(H,11,12);7H,4-5H2,1-3H3/q;;+1/p-1/t12-;;/m0../s1. The second-order valence-electron chi connectivity index (χ2n) is 11.9. The maximum atomic E-state index is 12.3. The highest BCUT2D eigenvalue weighted by atomic mass is 16.4. The number of nitrogens with one attached hydrogen (secondary N) is 3. The van der Waals surface area contributed by atoms with E-state index in [4.69, 9.17) is 36.4 Å². The summed E-state index contributed by atoms with van der Waals surface area (Å²) in [6.45, 7) is 1.35. The first-order valence-corrected chi connectivity index (χ1v) is 15.0. The Morgan fingerprint density at radius 1 is 0.962 bits per heavy atom. The van der Waals surface area contributed by atoms with Crippen LogP contribution in [-0.4, -0.2) is 137 Å². The Balaban J connectivity index is 0.000000557. The maximum absolute atomic E-state index is 12.3. The molecule has 0 aliphatic carbocycles. The van der Waals surface area contributed by atoms with Crippen molar-refractivity contribution < 1.29 is 69.0 Å². The zero-order valence-electron chi connectivity index (χ0n) is 28.2. The summed E-state index contributed by atoms with van der Waals surface area (Å²) in [6.07, 6.45) is -1.56. The molecule has 0 aliphatic rings. The first kappa shape index (κ1) is 43.8. The molecule has 0 saturated carbocycles. The van der Waals surface area contributed by atoms with Crippen LogP contribution in [-0.2, 0) is 30.5 Å². The van der Waals surface area contributed by atoms with Crippen LogP contribution < -0.4 is 27.0 Å². The SMILES string of the molecule is C[N+](C)(C)CCO.Nc1nc(=O)c2nc(CNc3ccc(C(=O)N[C@@H](CCC(=O)O)C(=O)O)cc3)cnc2[nH]1.O=C(O)CC(O)(CC(=O)O)C(=O)[O-]. The Labute approximate surface area is 294 Å². The van der Waals surface area contributed by atoms with E-state index in [1.54, 1.807) is 12.1 Å². The van der Waals surface area contributed by atoms with Crippen molar-refractivity contribution in [1.29, 1.82) is 0 Å². The number of nitrogens with two attached hydrogens (primary N) is 1. The quantitative estimate of drug-likeness (QED) is 0.0657. The van der Waals surface area contributed by atoms with E-state index >= 15 is 0 Å². The highest BCUT2D eigenvalue weighted by molar-refractivity contribution is 5.97. The van der Waals surface area contributed by atoms with Crippen LogP contribution in [0.5, 0.6) is 0 Å². The highest BCUT2D eigenvalue weighted by Crippen LogP contribution is 2.15. The molecule has 0 bridgehead atoms. The number of amides is 1. The smallest absolute Gasteiger partial charge is 0.326 e.